The molecule has 1 fully saturated rings. The van der Waals surface area contributed by atoms with Crippen LogP contribution in [-0.4, -0.2) is 43.1 Å². The maximum Gasteiger partial charge on any atom is 0.321 e. The Kier molecular flexibility index (Phi) is 6.30. The molecule has 6 nitrogen and oxygen atoms in total. The average molecular weight is 367 g/mol. The van der Waals surface area contributed by atoms with Crippen LogP contribution in [0, 0.1) is 0 Å². The summed E-state index contributed by atoms with van der Waals surface area (Å²) >= 11 is 0. The van der Waals surface area contributed by atoms with Gasteiger partial charge in [0.25, 0.3) is 0 Å². The highest BCUT2D eigenvalue weighted by molar-refractivity contribution is 5.89. The van der Waals surface area contributed by atoms with Crippen molar-refractivity contribution < 1.29 is 14.3 Å². The van der Waals surface area contributed by atoms with Crippen LogP contribution < -0.4 is 15.4 Å². The molecule has 3 rings (SSSR count). The zero-order valence-electron chi connectivity index (χ0n) is 15.5. The topological polar surface area (TPSA) is 70.7 Å². The molecule has 0 bridgehead atoms. The second-order valence-corrected chi connectivity index (χ2v) is 6.65. The van der Waals surface area contributed by atoms with Gasteiger partial charge in [-0.05, 0) is 42.7 Å². The number of nitrogens with one attached hydrogen (secondary N) is 2. The lowest BCUT2D eigenvalue weighted by Gasteiger charge is -2.32. The number of para-hydroxylation sites is 1. The molecule has 0 aliphatic carbocycles. The van der Waals surface area contributed by atoms with Crippen LogP contribution >= 0.6 is 0 Å². The fourth-order valence-corrected chi connectivity index (χ4v) is 3.20. The van der Waals surface area contributed by atoms with Gasteiger partial charge in [0.05, 0.1) is 13.5 Å². The fourth-order valence-electron chi connectivity index (χ4n) is 3.20. The third-order valence-corrected chi connectivity index (χ3v) is 4.67. The zero-order valence-corrected chi connectivity index (χ0v) is 15.5. The SMILES string of the molecule is COc1cccc(CC(=O)NC2CCN(C(=O)Nc3ccccc3)CC2)c1. The van der Waals surface area contributed by atoms with Crippen LogP contribution in [0.3, 0.4) is 0 Å². The summed E-state index contributed by atoms with van der Waals surface area (Å²) in [6, 6.07) is 16.9. The lowest BCUT2D eigenvalue weighted by atomic mass is 10.0. The highest BCUT2D eigenvalue weighted by Gasteiger charge is 2.23. The monoisotopic (exact) mass is 367 g/mol. The predicted molar refractivity (Wildman–Crippen MR) is 105 cm³/mol. The van der Waals surface area contributed by atoms with E-state index in [1.807, 2.05) is 54.6 Å². The molecular weight excluding hydrogens is 342 g/mol. The molecule has 1 saturated heterocycles. The summed E-state index contributed by atoms with van der Waals surface area (Å²) in [4.78, 5) is 26.4. The summed E-state index contributed by atoms with van der Waals surface area (Å²) < 4.78 is 5.19. The third-order valence-electron chi connectivity index (χ3n) is 4.67. The lowest BCUT2D eigenvalue weighted by Crippen LogP contribution is -2.48. The van der Waals surface area contributed by atoms with Gasteiger partial charge < -0.3 is 20.3 Å². The molecule has 0 aromatic heterocycles. The molecule has 3 amide bonds. The molecule has 1 heterocycles. The normalized spacial score (nSPS) is 14.5. The number of hydrogen-bond donors (Lipinski definition) is 2. The van der Waals surface area contributed by atoms with E-state index in [-0.39, 0.29) is 18.0 Å². The smallest absolute Gasteiger partial charge is 0.321 e. The number of carbonyl (C=O) groups is 2. The highest BCUT2D eigenvalue weighted by Crippen LogP contribution is 2.15. The van der Waals surface area contributed by atoms with Crippen molar-refractivity contribution in [2.75, 3.05) is 25.5 Å². The van der Waals surface area contributed by atoms with E-state index in [1.165, 1.54) is 0 Å². The molecule has 2 aromatic rings. The van der Waals surface area contributed by atoms with Gasteiger partial charge >= 0.3 is 6.03 Å². The molecule has 0 spiro atoms. The van der Waals surface area contributed by atoms with Crippen molar-refractivity contribution in [3.05, 3.63) is 60.2 Å². The van der Waals surface area contributed by atoms with Crippen LogP contribution in [0.1, 0.15) is 18.4 Å². The van der Waals surface area contributed by atoms with E-state index in [0.29, 0.717) is 19.5 Å². The molecule has 2 aromatic carbocycles. The van der Waals surface area contributed by atoms with E-state index < -0.39 is 0 Å². The van der Waals surface area contributed by atoms with Gasteiger partial charge in [0.15, 0.2) is 0 Å². The molecule has 1 aliphatic rings. The largest absolute Gasteiger partial charge is 0.497 e. The summed E-state index contributed by atoms with van der Waals surface area (Å²) in [5.41, 5.74) is 1.71. The number of nitrogens with zero attached hydrogens (tertiary/aromatic N) is 1. The fraction of sp³-hybridized carbons (Fsp3) is 0.333. The standard InChI is InChI=1S/C21H25N3O3/c1-27-19-9-5-6-16(14-19)15-20(25)22-18-10-12-24(13-11-18)21(26)23-17-7-3-2-4-8-17/h2-9,14,18H,10-13,15H2,1H3,(H,22,25)(H,23,26). The number of anilines is 1. The van der Waals surface area contributed by atoms with Crippen LogP contribution in [0.15, 0.2) is 54.6 Å². The van der Waals surface area contributed by atoms with Gasteiger partial charge in [-0.15, -0.1) is 0 Å². The molecule has 1 aliphatic heterocycles. The number of rotatable bonds is 5. The number of likely N-dealkylation sites (tertiary alicyclic amines) is 1. The summed E-state index contributed by atoms with van der Waals surface area (Å²) in [6.45, 7) is 1.26. The van der Waals surface area contributed by atoms with Crippen LogP contribution in [0.25, 0.3) is 0 Å². The Morgan fingerprint density at radius 3 is 2.52 bits per heavy atom. The van der Waals surface area contributed by atoms with Crippen LogP contribution in [0.2, 0.25) is 0 Å². The van der Waals surface area contributed by atoms with Crippen molar-refractivity contribution in [1.82, 2.24) is 10.2 Å². The minimum atomic E-state index is -0.0950. The molecule has 2 N–H and O–H groups in total. The van der Waals surface area contributed by atoms with Crippen molar-refractivity contribution >= 4 is 17.6 Å². The first-order valence-electron chi connectivity index (χ1n) is 9.17. The Morgan fingerprint density at radius 1 is 1.07 bits per heavy atom. The average Bonchev–Trinajstić information content (AvgIpc) is 2.69. The number of ether oxygens (including phenoxy) is 1. The molecule has 6 heteroatoms. The molecule has 0 atom stereocenters. The zero-order chi connectivity index (χ0) is 19.1. The summed E-state index contributed by atoms with van der Waals surface area (Å²) in [5.74, 6) is 0.744. The number of urea groups is 1. The van der Waals surface area contributed by atoms with Crippen LogP contribution in [0.4, 0.5) is 10.5 Å². The third kappa shape index (κ3) is 5.48. The molecule has 0 unspecified atom stereocenters. The summed E-state index contributed by atoms with van der Waals surface area (Å²) in [7, 11) is 1.61. The number of methoxy groups -OCH3 is 1. The number of amides is 3. The summed E-state index contributed by atoms with van der Waals surface area (Å²) in [5, 5.41) is 5.97. The van der Waals surface area contributed by atoms with Gasteiger partial charge in [-0.3, -0.25) is 4.79 Å². The predicted octanol–water partition coefficient (Wildman–Crippen LogP) is 3.05. The number of hydrogen-bond acceptors (Lipinski definition) is 3. The lowest BCUT2D eigenvalue weighted by molar-refractivity contribution is -0.121. The van der Waals surface area contributed by atoms with Gasteiger partial charge in [-0.1, -0.05) is 30.3 Å². The van der Waals surface area contributed by atoms with Gasteiger partial charge in [0.1, 0.15) is 5.75 Å². The second kappa shape index (κ2) is 9.07. The van der Waals surface area contributed by atoms with Crippen molar-refractivity contribution in [3.63, 3.8) is 0 Å². The summed E-state index contributed by atoms with van der Waals surface area (Å²) in [6.07, 6.45) is 1.84. The van der Waals surface area contributed by atoms with E-state index in [0.717, 1.165) is 29.8 Å². The maximum atomic E-state index is 12.3. The van der Waals surface area contributed by atoms with E-state index in [4.69, 9.17) is 4.74 Å². The molecule has 0 radical (unpaired) electrons. The molecular formula is C21H25N3O3. The van der Waals surface area contributed by atoms with Crippen molar-refractivity contribution in [1.29, 1.82) is 0 Å². The minimum Gasteiger partial charge on any atom is -0.497 e. The molecule has 0 saturated carbocycles. The first-order chi connectivity index (χ1) is 13.1. The van der Waals surface area contributed by atoms with Crippen molar-refractivity contribution in [2.45, 2.75) is 25.3 Å². The van der Waals surface area contributed by atoms with Gasteiger partial charge in [0.2, 0.25) is 5.91 Å². The number of carbonyl (C=O) groups excluding carboxylic acids is 2. The Hall–Kier alpha value is -3.02. The number of piperidine rings is 1. The van der Waals surface area contributed by atoms with Crippen LogP contribution in [0.5, 0.6) is 5.75 Å². The first-order valence-corrected chi connectivity index (χ1v) is 9.17. The van der Waals surface area contributed by atoms with Crippen molar-refractivity contribution in [2.24, 2.45) is 0 Å². The van der Waals surface area contributed by atoms with E-state index in [2.05, 4.69) is 10.6 Å². The van der Waals surface area contributed by atoms with E-state index >= 15 is 0 Å². The quantitative estimate of drug-likeness (QED) is 0.853. The number of benzene rings is 2. The van der Waals surface area contributed by atoms with Gasteiger partial charge in [0, 0.05) is 24.8 Å². The Bertz CT molecular complexity index is 771. The van der Waals surface area contributed by atoms with Gasteiger partial charge in [-0.25, -0.2) is 4.79 Å². The highest BCUT2D eigenvalue weighted by atomic mass is 16.5. The Balaban J connectivity index is 1.43. The minimum absolute atomic E-state index is 0.00422. The molecule has 142 valence electrons. The van der Waals surface area contributed by atoms with Crippen molar-refractivity contribution in [3.8, 4) is 5.75 Å². The van der Waals surface area contributed by atoms with Gasteiger partial charge in [-0.2, -0.15) is 0 Å². The second-order valence-electron chi connectivity index (χ2n) is 6.65. The Labute approximate surface area is 159 Å². The van der Waals surface area contributed by atoms with E-state index in [9.17, 15) is 9.59 Å². The first kappa shape index (κ1) is 18.8. The van der Waals surface area contributed by atoms with E-state index in [1.54, 1.807) is 12.0 Å². The molecule has 27 heavy (non-hydrogen) atoms. The van der Waals surface area contributed by atoms with Crippen LogP contribution in [-0.2, 0) is 11.2 Å². The Morgan fingerprint density at radius 2 is 1.81 bits per heavy atom. The maximum absolute atomic E-state index is 12.3.